The molecule has 1 saturated heterocycles. The van der Waals surface area contributed by atoms with Crippen LogP contribution in [0.15, 0.2) is 18.2 Å². The summed E-state index contributed by atoms with van der Waals surface area (Å²) in [7, 11) is 0. The van der Waals surface area contributed by atoms with E-state index in [1.807, 2.05) is 0 Å². The molecule has 1 unspecified atom stereocenters. The number of anilines is 1. The van der Waals surface area contributed by atoms with Gasteiger partial charge in [0.1, 0.15) is 11.9 Å². The number of hydrogen-bond donors (Lipinski definition) is 1. The maximum Gasteiger partial charge on any atom is 0.416 e. The molecule has 30 heavy (non-hydrogen) atoms. The number of aromatic nitrogens is 1. The summed E-state index contributed by atoms with van der Waals surface area (Å²) >= 11 is 0.846. The van der Waals surface area contributed by atoms with Crippen LogP contribution < -0.4 is 5.32 Å². The smallest absolute Gasteiger partial charge is 0.302 e. The lowest BCUT2D eigenvalue weighted by Crippen LogP contribution is -2.40. The highest BCUT2D eigenvalue weighted by atomic mass is 32.1. The second-order valence-corrected chi connectivity index (χ2v) is 7.95. The largest absolute Gasteiger partial charge is 0.416 e. The number of rotatable bonds is 4. The van der Waals surface area contributed by atoms with Crippen molar-refractivity contribution in [2.75, 3.05) is 11.9 Å². The van der Waals surface area contributed by atoms with E-state index in [-0.39, 0.29) is 40.8 Å². The number of thiazole rings is 1. The molecule has 4 nitrogen and oxygen atoms in total. The molecule has 3 rings (SSSR count). The van der Waals surface area contributed by atoms with Gasteiger partial charge in [0.2, 0.25) is 5.91 Å². The molecule has 0 bridgehead atoms. The lowest BCUT2D eigenvalue weighted by molar-refractivity contribution is -0.177. The van der Waals surface area contributed by atoms with Gasteiger partial charge in [-0.15, -0.1) is 0 Å². The topological polar surface area (TPSA) is 45.2 Å². The summed E-state index contributed by atoms with van der Waals surface area (Å²) in [6.45, 7) is 1.09. The van der Waals surface area contributed by atoms with Crippen LogP contribution >= 0.6 is 11.3 Å². The molecule has 0 aliphatic carbocycles. The molecule has 1 aliphatic heterocycles. The molecule has 1 atom stereocenters. The third-order valence-corrected chi connectivity index (χ3v) is 5.52. The standard InChI is InChI=1S/C18H16F7N3OS/c1-9(29)26-16-27-15(10-5-11(17(20,21)22)7-12(19)6-10)13(30-16)8-28-4-2-3-14(28)18(23,24)25/h5-7,14H,2-4,8H2,1H3,(H,26,27,29). The zero-order valence-electron chi connectivity index (χ0n) is 15.5. The summed E-state index contributed by atoms with van der Waals surface area (Å²) in [5.74, 6) is -1.67. The first-order valence-electron chi connectivity index (χ1n) is 8.81. The van der Waals surface area contributed by atoms with Crippen molar-refractivity contribution in [3.05, 3.63) is 34.5 Å². The number of likely N-dealkylation sites (tertiary alicyclic amines) is 1. The van der Waals surface area contributed by atoms with Gasteiger partial charge in [-0.3, -0.25) is 9.69 Å². The van der Waals surface area contributed by atoms with Crippen LogP contribution in [0.25, 0.3) is 11.3 Å². The van der Waals surface area contributed by atoms with Crippen LogP contribution in [0, 0.1) is 5.82 Å². The molecule has 1 amide bonds. The number of carbonyl (C=O) groups excluding carboxylic acids is 1. The Labute approximate surface area is 170 Å². The Bertz CT molecular complexity index is 939. The maximum atomic E-state index is 13.9. The van der Waals surface area contributed by atoms with Crippen molar-refractivity contribution in [2.24, 2.45) is 0 Å². The molecule has 1 N–H and O–H groups in total. The van der Waals surface area contributed by atoms with Crippen molar-refractivity contribution in [3.63, 3.8) is 0 Å². The summed E-state index contributed by atoms with van der Waals surface area (Å²) in [4.78, 5) is 16.8. The van der Waals surface area contributed by atoms with Crippen molar-refractivity contribution in [1.82, 2.24) is 9.88 Å². The SMILES string of the molecule is CC(=O)Nc1nc(-c2cc(F)cc(C(F)(F)F)c2)c(CN2CCCC2C(F)(F)F)s1. The number of benzene rings is 1. The van der Waals surface area contributed by atoms with E-state index in [0.717, 1.165) is 17.4 Å². The predicted molar refractivity (Wildman–Crippen MR) is 96.3 cm³/mol. The Kier molecular flexibility index (Phi) is 6.10. The fourth-order valence-electron chi connectivity index (χ4n) is 3.35. The minimum Gasteiger partial charge on any atom is -0.302 e. The molecule has 1 aliphatic rings. The van der Waals surface area contributed by atoms with Gasteiger partial charge in [0.15, 0.2) is 5.13 Å². The van der Waals surface area contributed by atoms with Crippen LogP contribution in [0.2, 0.25) is 0 Å². The third kappa shape index (κ3) is 5.09. The van der Waals surface area contributed by atoms with Crippen LogP contribution in [-0.2, 0) is 17.5 Å². The molecular weight excluding hydrogens is 439 g/mol. The second kappa shape index (κ2) is 8.14. The zero-order valence-corrected chi connectivity index (χ0v) is 16.3. The van der Waals surface area contributed by atoms with E-state index in [2.05, 4.69) is 10.3 Å². The quantitative estimate of drug-likeness (QED) is 0.624. The van der Waals surface area contributed by atoms with E-state index in [4.69, 9.17) is 0 Å². The molecule has 2 aromatic rings. The molecule has 1 fully saturated rings. The number of halogens is 7. The second-order valence-electron chi connectivity index (χ2n) is 6.87. The maximum absolute atomic E-state index is 13.9. The third-order valence-electron chi connectivity index (χ3n) is 4.57. The van der Waals surface area contributed by atoms with Gasteiger partial charge in [-0.25, -0.2) is 9.37 Å². The highest BCUT2D eigenvalue weighted by Gasteiger charge is 2.46. The molecule has 0 saturated carbocycles. The number of hydrogen-bond acceptors (Lipinski definition) is 4. The monoisotopic (exact) mass is 455 g/mol. The summed E-state index contributed by atoms with van der Waals surface area (Å²) in [6.07, 6.45) is -9.04. The van der Waals surface area contributed by atoms with Crippen molar-refractivity contribution < 1.29 is 35.5 Å². The molecule has 0 radical (unpaired) electrons. The first kappa shape index (κ1) is 22.5. The molecule has 1 aromatic heterocycles. The molecular formula is C18H16F7N3OS. The number of amides is 1. The van der Waals surface area contributed by atoms with Crippen molar-refractivity contribution in [1.29, 1.82) is 0 Å². The Hall–Kier alpha value is -2.21. The van der Waals surface area contributed by atoms with E-state index < -0.39 is 35.7 Å². The Morgan fingerprint density at radius 1 is 1.23 bits per heavy atom. The number of nitrogens with zero attached hydrogens (tertiary/aromatic N) is 2. The van der Waals surface area contributed by atoms with Gasteiger partial charge in [0, 0.05) is 23.9 Å². The molecule has 1 aromatic carbocycles. The van der Waals surface area contributed by atoms with Gasteiger partial charge in [-0.1, -0.05) is 11.3 Å². The Balaban J connectivity index is 2.03. The van der Waals surface area contributed by atoms with Crippen LogP contribution in [0.5, 0.6) is 0 Å². The highest BCUT2D eigenvalue weighted by molar-refractivity contribution is 7.16. The van der Waals surface area contributed by atoms with Crippen LogP contribution in [0.3, 0.4) is 0 Å². The molecule has 12 heteroatoms. The van der Waals surface area contributed by atoms with E-state index >= 15 is 0 Å². The molecule has 2 heterocycles. The lowest BCUT2D eigenvalue weighted by atomic mass is 10.1. The number of alkyl halides is 6. The number of nitrogens with one attached hydrogen (secondary N) is 1. The summed E-state index contributed by atoms with van der Waals surface area (Å²) in [6, 6.07) is 0.153. The first-order chi connectivity index (χ1) is 13.8. The highest BCUT2D eigenvalue weighted by Crippen LogP contribution is 2.39. The van der Waals surface area contributed by atoms with Gasteiger partial charge in [-0.2, -0.15) is 26.3 Å². The lowest BCUT2D eigenvalue weighted by Gasteiger charge is -2.26. The summed E-state index contributed by atoms with van der Waals surface area (Å²) < 4.78 is 92.9. The zero-order chi connectivity index (χ0) is 22.3. The predicted octanol–water partition coefficient (Wildman–Crippen LogP) is 5.45. The minimum absolute atomic E-state index is 0.00748. The summed E-state index contributed by atoms with van der Waals surface area (Å²) in [5.41, 5.74) is -1.57. The van der Waals surface area contributed by atoms with E-state index in [1.54, 1.807) is 0 Å². The van der Waals surface area contributed by atoms with Gasteiger partial charge >= 0.3 is 12.4 Å². The Morgan fingerprint density at radius 3 is 2.53 bits per heavy atom. The van der Waals surface area contributed by atoms with E-state index in [9.17, 15) is 35.5 Å². The van der Waals surface area contributed by atoms with Gasteiger partial charge in [0.05, 0.1) is 11.3 Å². The fraction of sp³-hybridized carbons (Fsp3) is 0.444. The van der Waals surface area contributed by atoms with Crippen molar-refractivity contribution in [3.8, 4) is 11.3 Å². The normalized spacial score (nSPS) is 18.1. The average Bonchev–Trinajstić information content (AvgIpc) is 3.20. The van der Waals surface area contributed by atoms with Crippen molar-refractivity contribution in [2.45, 2.75) is 44.7 Å². The first-order valence-corrected chi connectivity index (χ1v) is 9.62. The Morgan fingerprint density at radius 2 is 1.93 bits per heavy atom. The van der Waals surface area contributed by atoms with E-state index in [0.29, 0.717) is 18.6 Å². The molecule has 164 valence electrons. The van der Waals surface area contributed by atoms with Crippen LogP contribution in [-0.4, -0.2) is 34.6 Å². The van der Waals surface area contributed by atoms with E-state index in [1.165, 1.54) is 11.8 Å². The summed E-state index contributed by atoms with van der Waals surface area (Å²) in [5, 5.41) is 2.38. The van der Waals surface area contributed by atoms with Crippen molar-refractivity contribution >= 4 is 22.4 Å². The molecule has 0 spiro atoms. The fourth-order valence-corrected chi connectivity index (χ4v) is 4.40. The average molecular weight is 455 g/mol. The van der Waals surface area contributed by atoms with Gasteiger partial charge in [0.25, 0.3) is 0 Å². The van der Waals surface area contributed by atoms with Gasteiger partial charge in [-0.05, 0) is 37.6 Å². The van der Waals surface area contributed by atoms with Crippen LogP contribution in [0.4, 0.5) is 35.9 Å². The van der Waals surface area contributed by atoms with Gasteiger partial charge < -0.3 is 5.32 Å². The minimum atomic E-state index is -4.82. The number of carbonyl (C=O) groups is 1. The van der Waals surface area contributed by atoms with Crippen LogP contribution in [0.1, 0.15) is 30.2 Å².